The van der Waals surface area contributed by atoms with E-state index >= 15 is 0 Å². The Hall–Kier alpha value is -1.82. The standard InChI is InChI=1S/C15H17NO5/c17-13(10-6-8(7-21-10)14(18)19)16-11-9-2-5-20-12(9)15(11)3-1-4-15/h6-7,9,11-12H,1-5H2,(H,16,17)(H,18,19). The highest BCUT2D eigenvalue weighted by Crippen LogP contribution is 2.62. The molecule has 2 saturated carbocycles. The molecule has 112 valence electrons. The first-order chi connectivity index (χ1) is 10.1. The predicted molar refractivity (Wildman–Crippen MR) is 71.1 cm³/mol. The Morgan fingerprint density at radius 3 is 2.81 bits per heavy atom. The maximum Gasteiger partial charge on any atom is 0.338 e. The fourth-order valence-corrected chi connectivity index (χ4v) is 4.24. The lowest BCUT2D eigenvalue weighted by atomic mass is 9.46. The van der Waals surface area contributed by atoms with Crippen LogP contribution in [0.2, 0.25) is 0 Å². The summed E-state index contributed by atoms with van der Waals surface area (Å²) in [6.45, 7) is 0.771. The van der Waals surface area contributed by atoms with Crippen molar-refractivity contribution < 1.29 is 23.8 Å². The van der Waals surface area contributed by atoms with Gasteiger partial charge in [-0.1, -0.05) is 6.42 Å². The molecule has 3 atom stereocenters. The van der Waals surface area contributed by atoms with Crippen molar-refractivity contribution in [3.63, 3.8) is 0 Å². The lowest BCUT2D eigenvalue weighted by Crippen LogP contribution is -2.71. The molecule has 2 N–H and O–H groups in total. The van der Waals surface area contributed by atoms with Crippen molar-refractivity contribution in [1.82, 2.24) is 5.32 Å². The van der Waals surface area contributed by atoms with E-state index in [1.165, 1.54) is 12.5 Å². The number of carbonyl (C=O) groups is 2. The molecule has 0 radical (unpaired) electrons. The van der Waals surface area contributed by atoms with Gasteiger partial charge < -0.3 is 19.6 Å². The van der Waals surface area contributed by atoms with Crippen LogP contribution >= 0.6 is 0 Å². The topological polar surface area (TPSA) is 88.8 Å². The number of hydrogen-bond donors (Lipinski definition) is 2. The zero-order valence-corrected chi connectivity index (χ0v) is 11.5. The third kappa shape index (κ3) is 1.68. The maximum absolute atomic E-state index is 12.3. The number of nitrogens with one attached hydrogen (secondary N) is 1. The Morgan fingerprint density at radius 2 is 2.19 bits per heavy atom. The minimum absolute atomic E-state index is 0.00538. The number of hydrogen-bond acceptors (Lipinski definition) is 4. The van der Waals surface area contributed by atoms with Crippen LogP contribution in [-0.4, -0.2) is 35.7 Å². The van der Waals surface area contributed by atoms with Gasteiger partial charge in [-0.2, -0.15) is 0 Å². The predicted octanol–water partition coefficient (Wildman–Crippen LogP) is 1.67. The number of carboxylic acids is 1. The van der Waals surface area contributed by atoms with E-state index in [4.69, 9.17) is 14.3 Å². The molecule has 1 aliphatic heterocycles. The Bertz CT molecular complexity index is 603. The zero-order valence-electron chi connectivity index (χ0n) is 11.5. The normalized spacial score (nSPS) is 32.1. The van der Waals surface area contributed by atoms with Gasteiger partial charge in [-0.25, -0.2) is 4.79 Å². The Labute approximate surface area is 121 Å². The molecule has 1 spiro atoms. The van der Waals surface area contributed by atoms with Crippen molar-refractivity contribution in [2.75, 3.05) is 6.61 Å². The molecule has 3 aliphatic rings. The Kier molecular flexibility index (Phi) is 2.66. The highest BCUT2D eigenvalue weighted by Gasteiger charge is 2.67. The van der Waals surface area contributed by atoms with E-state index < -0.39 is 5.97 Å². The van der Waals surface area contributed by atoms with Crippen LogP contribution in [0.4, 0.5) is 0 Å². The van der Waals surface area contributed by atoms with Crippen LogP contribution in [0.25, 0.3) is 0 Å². The van der Waals surface area contributed by atoms with Gasteiger partial charge in [-0.15, -0.1) is 0 Å². The number of carbonyl (C=O) groups excluding carboxylic acids is 1. The van der Waals surface area contributed by atoms with Crippen LogP contribution in [0.1, 0.15) is 46.6 Å². The summed E-state index contributed by atoms with van der Waals surface area (Å²) in [5, 5.41) is 11.9. The third-order valence-corrected chi connectivity index (χ3v) is 5.39. The van der Waals surface area contributed by atoms with Crippen molar-refractivity contribution in [1.29, 1.82) is 0 Å². The molecule has 1 aromatic rings. The monoisotopic (exact) mass is 291 g/mol. The Balaban J connectivity index is 1.50. The summed E-state index contributed by atoms with van der Waals surface area (Å²) >= 11 is 0. The third-order valence-electron chi connectivity index (χ3n) is 5.39. The molecule has 0 aromatic carbocycles. The molecule has 2 heterocycles. The van der Waals surface area contributed by atoms with Crippen molar-refractivity contribution >= 4 is 11.9 Å². The number of furan rings is 1. The fraction of sp³-hybridized carbons (Fsp3) is 0.600. The fourth-order valence-electron chi connectivity index (χ4n) is 4.24. The Morgan fingerprint density at radius 1 is 1.38 bits per heavy atom. The number of rotatable bonds is 3. The summed E-state index contributed by atoms with van der Waals surface area (Å²) in [5.74, 6) is -0.974. The second-order valence-corrected chi connectivity index (χ2v) is 6.29. The molecular weight excluding hydrogens is 274 g/mol. The summed E-state index contributed by atoms with van der Waals surface area (Å²) in [7, 11) is 0. The second kappa shape index (κ2) is 4.34. The first-order valence-corrected chi connectivity index (χ1v) is 7.36. The summed E-state index contributed by atoms with van der Waals surface area (Å²) in [5.41, 5.74) is 0.105. The van der Waals surface area contributed by atoms with Gasteiger partial charge in [0.05, 0.1) is 11.7 Å². The van der Waals surface area contributed by atoms with Crippen LogP contribution < -0.4 is 5.32 Å². The largest absolute Gasteiger partial charge is 0.478 e. The molecule has 2 aliphatic carbocycles. The van der Waals surface area contributed by atoms with E-state index in [0.717, 1.165) is 32.1 Å². The number of amides is 1. The average molecular weight is 291 g/mol. The second-order valence-electron chi connectivity index (χ2n) is 6.29. The molecule has 6 nitrogen and oxygen atoms in total. The van der Waals surface area contributed by atoms with Gasteiger partial charge in [-0.05, 0) is 19.3 Å². The summed E-state index contributed by atoms with van der Waals surface area (Å²) in [4.78, 5) is 23.1. The highest BCUT2D eigenvalue weighted by molar-refractivity contribution is 5.95. The number of ether oxygens (including phenoxy) is 1. The SMILES string of the molecule is O=C(O)c1coc(C(=O)NC2C3CCOC3C23CCC3)c1. The van der Waals surface area contributed by atoms with Crippen LogP contribution in [0.3, 0.4) is 0 Å². The zero-order chi connectivity index (χ0) is 14.6. The molecule has 1 aromatic heterocycles. The number of fused-ring (bicyclic) bond motifs is 2. The van der Waals surface area contributed by atoms with Crippen molar-refractivity contribution in [2.45, 2.75) is 37.8 Å². The molecule has 21 heavy (non-hydrogen) atoms. The first-order valence-electron chi connectivity index (χ1n) is 7.36. The molecule has 3 fully saturated rings. The molecule has 1 amide bonds. The molecule has 4 rings (SSSR count). The lowest BCUT2D eigenvalue weighted by molar-refractivity contribution is -0.172. The van der Waals surface area contributed by atoms with Gasteiger partial charge in [0.1, 0.15) is 6.26 Å². The van der Waals surface area contributed by atoms with E-state index in [2.05, 4.69) is 5.32 Å². The minimum Gasteiger partial charge on any atom is -0.478 e. The van der Waals surface area contributed by atoms with E-state index in [1.807, 2.05) is 0 Å². The van der Waals surface area contributed by atoms with Crippen LogP contribution in [0.5, 0.6) is 0 Å². The van der Waals surface area contributed by atoms with Gasteiger partial charge in [0.15, 0.2) is 5.76 Å². The van der Waals surface area contributed by atoms with E-state index in [1.54, 1.807) is 0 Å². The van der Waals surface area contributed by atoms with E-state index in [0.29, 0.717) is 12.0 Å². The van der Waals surface area contributed by atoms with Crippen LogP contribution in [0.15, 0.2) is 16.7 Å². The summed E-state index contributed by atoms with van der Waals surface area (Å²) in [6.07, 6.45) is 5.75. The first kappa shape index (κ1) is 12.9. The van der Waals surface area contributed by atoms with E-state index in [-0.39, 0.29) is 28.7 Å². The quantitative estimate of drug-likeness (QED) is 0.884. The van der Waals surface area contributed by atoms with Gasteiger partial charge in [0.2, 0.25) is 0 Å². The number of carboxylic acid groups (broad SMARTS) is 1. The molecule has 3 unspecified atom stereocenters. The number of aromatic carboxylic acids is 1. The lowest BCUT2D eigenvalue weighted by Gasteiger charge is -2.63. The van der Waals surface area contributed by atoms with Gasteiger partial charge in [0, 0.05) is 30.0 Å². The summed E-state index contributed by atoms with van der Waals surface area (Å²) < 4.78 is 10.9. The van der Waals surface area contributed by atoms with Crippen molar-refractivity contribution in [3.05, 3.63) is 23.7 Å². The van der Waals surface area contributed by atoms with Crippen LogP contribution in [0, 0.1) is 11.3 Å². The molecule has 1 saturated heterocycles. The molecule has 0 bridgehead atoms. The highest BCUT2D eigenvalue weighted by atomic mass is 16.5. The average Bonchev–Trinajstić information content (AvgIpc) is 3.01. The van der Waals surface area contributed by atoms with Gasteiger partial charge in [-0.3, -0.25) is 4.79 Å². The van der Waals surface area contributed by atoms with Crippen molar-refractivity contribution in [2.24, 2.45) is 11.3 Å². The van der Waals surface area contributed by atoms with Crippen LogP contribution in [-0.2, 0) is 4.74 Å². The van der Waals surface area contributed by atoms with Gasteiger partial charge >= 0.3 is 5.97 Å². The smallest absolute Gasteiger partial charge is 0.338 e. The minimum atomic E-state index is -1.10. The summed E-state index contributed by atoms with van der Waals surface area (Å²) in [6, 6.07) is 1.40. The van der Waals surface area contributed by atoms with E-state index in [9.17, 15) is 9.59 Å². The maximum atomic E-state index is 12.3. The van der Waals surface area contributed by atoms with Crippen molar-refractivity contribution in [3.8, 4) is 0 Å². The van der Waals surface area contributed by atoms with Gasteiger partial charge in [0.25, 0.3) is 5.91 Å². The molecular formula is C15H17NO5. The molecule has 6 heteroatoms.